The van der Waals surface area contributed by atoms with E-state index in [1.165, 1.54) is 5.56 Å². The molecule has 3 aliphatic heterocycles. The van der Waals surface area contributed by atoms with Crippen molar-refractivity contribution in [1.29, 1.82) is 0 Å². The molecule has 1 aromatic rings. The van der Waals surface area contributed by atoms with E-state index in [0.29, 0.717) is 5.75 Å². The van der Waals surface area contributed by atoms with Crippen molar-refractivity contribution in [2.24, 2.45) is 0 Å². The number of fused-ring (bicyclic) bond motifs is 1. The smallest absolute Gasteiger partial charge is 0.410 e. The highest BCUT2D eigenvalue weighted by molar-refractivity contribution is 5.71. The molecule has 0 aromatic heterocycles. The van der Waals surface area contributed by atoms with Crippen LogP contribution in [0.5, 0.6) is 5.75 Å². The first-order valence-electron chi connectivity index (χ1n) is 9.88. The predicted molar refractivity (Wildman–Crippen MR) is 101 cm³/mol. The molecule has 27 heavy (non-hydrogen) atoms. The number of benzene rings is 1. The number of likely N-dealkylation sites (tertiary alicyclic amines) is 1. The van der Waals surface area contributed by atoms with Crippen LogP contribution in [0.15, 0.2) is 18.2 Å². The van der Waals surface area contributed by atoms with Gasteiger partial charge in [0.1, 0.15) is 11.9 Å². The lowest BCUT2D eigenvalue weighted by molar-refractivity contribution is 0.0362. The van der Waals surface area contributed by atoms with E-state index in [9.17, 15) is 9.90 Å². The SMILES string of the molecule is Cc1cc(CN2C[C@H]3OC(=O)N(CCCN4CCOCC4)[C@H]3C2)ccc1O. The zero-order chi connectivity index (χ0) is 18.8. The summed E-state index contributed by atoms with van der Waals surface area (Å²) in [5.41, 5.74) is 2.07. The summed E-state index contributed by atoms with van der Waals surface area (Å²) in [6, 6.07) is 5.89. The maximum absolute atomic E-state index is 12.2. The zero-order valence-electron chi connectivity index (χ0n) is 16.0. The van der Waals surface area contributed by atoms with Crippen molar-refractivity contribution in [2.75, 3.05) is 52.5 Å². The van der Waals surface area contributed by atoms with Crippen LogP contribution in [0.2, 0.25) is 0 Å². The van der Waals surface area contributed by atoms with Gasteiger partial charge < -0.3 is 19.5 Å². The maximum Gasteiger partial charge on any atom is 0.410 e. The van der Waals surface area contributed by atoms with Gasteiger partial charge in [-0.2, -0.15) is 0 Å². The molecule has 1 aromatic carbocycles. The number of hydrogen-bond acceptors (Lipinski definition) is 6. The lowest BCUT2D eigenvalue weighted by atomic mass is 10.1. The van der Waals surface area contributed by atoms with Crippen LogP contribution in [-0.4, -0.2) is 90.5 Å². The number of morpholine rings is 1. The molecule has 1 N–H and O–H groups in total. The molecule has 0 radical (unpaired) electrons. The lowest BCUT2D eigenvalue weighted by Crippen LogP contribution is -2.41. The minimum Gasteiger partial charge on any atom is -0.508 e. The second-order valence-electron chi connectivity index (χ2n) is 7.81. The fourth-order valence-corrected chi connectivity index (χ4v) is 4.33. The molecule has 3 fully saturated rings. The predicted octanol–water partition coefficient (Wildman–Crippen LogP) is 1.43. The summed E-state index contributed by atoms with van der Waals surface area (Å²) in [4.78, 5) is 18.9. The van der Waals surface area contributed by atoms with Crippen molar-refractivity contribution >= 4 is 6.09 Å². The molecule has 148 valence electrons. The van der Waals surface area contributed by atoms with Gasteiger partial charge in [0, 0.05) is 45.8 Å². The third kappa shape index (κ3) is 4.20. The highest BCUT2D eigenvalue weighted by Gasteiger charge is 2.47. The first kappa shape index (κ1) is 18.5. The highest BCUT2D eigenvalue weighted by Crippen LogP contribution is 2.28. The molecule has 0 bridgehead atoms. The first-order chi connectivity index (χ1) is 13.1. The number of carbonyl (C=O) groups is 1. The van der Waals surface area contributed by atoms with Crippen LogP contribution < -0.4 is 0 Å². The molecule has 2 atom stereocenters. The Morgan fingerprint density at radius 2 is 1.96 bits per heavy atom. The van der Waals surface area contributed by atoms with Crippen molar-refractivity contribution in [3.8, 4) is 5.75 Å². The van der Waals surface area contributed by atoms with Gasteiger partial charge >= 0.3 is 6.09 Å². The van der Waals surface area contributed by atoms with Gasteiger partial charge in [-0.05, 0) is 30.5 Å². The molecule has 0 aliphatic carbocycles. The van der Waals surface area contributed by atoms with Crippen LogP contribution in [0, 0.1) is 6.92 Å². The van der Waals surface area contributed by atoms with Crippen LogP contribution in [0.3, 0.4) is 0 Å². The molecule has 3 aliphatic rings. The Morgan fingerprint density at radius 3 is 2.74 bits per heavy atom. The van der Waals surface area contributed by atoms with Crippen molar-refractivity contribution in [3.05, 3.63) is 29.3 Å². The van der Waals surface area contributed by atoms with Gasteiger partial charge in [0.25, 0.3) is 0 Å². The fraction of sp³-hybridized carbons (Fsp3) is 0.650. The van der Waals surface area contributed by atoms with E-state index in [0.717, 1.165) is 71.0 Å². The number of phenols is 1. The van der Waals surface area contributed by atoms with E-state index in [1.807, 2.05) is 24.0 Å². The number of rotatable bonds is 6. The molecule has 3 heterocycles. The topological polar surface area (TPSA) is 65.5 Å². The molecule has 0 spiro atoms. The summed E-state index contributed by atoms with van der Waals surface area (Å²) < 4.78 is 11.0. The number of amides is 1. The Labute approximate surface area is 160 Å². The number of aromatic hydroxyl groups is 1. The molecule has 1 amide bonds. The van der Waals surface area contributed by atoms with E-state index in [-0.39, 0.29) is 18.2 Å². The lowest BCUT2D eigenvalue weighted by Gasteiger charge is -2.28. The Kier molecular flexibility index (Phi) is 5.52. The molecule has 7 nitrogen and oxygen atoms in total. The molecule has 3 saturated heterocycles. The third-order valence-electron chi connectivity index (χ3n) is 5.84. The van der Waals surface area contributed by atoms with Crippen molar-refractivity contribution in [3.63, 3.8) is 0 Å². The minimum atomic E-state index is -0.160. The van der Waals surface area contributed by atoms with Crippen molar-refractivity contribution in [1.82, 2.24) is 14.7 Å². The molecule has 0 unspecified atom stereocenters. The van der Waals surface area contributed by atoms with E-state index >= 15 is 0 Å². The quantitative estimate of drug-likeness (QED) is 0.812. The first-order valence-corrected chi connectivity index (χ1v) is 9.88. The Morgan fingerprint density at radius 1 is 1.15 bits per heavy atom. The Bertz CT molecular complexity index is 677. The van der Waals surface area contributed by atoms with Crippen LogP contribution in [0.1, 0.15) is 17.5 Å². The normalized spacial score (nSPS) is 26.4. The highest BCUT2D eigenvalue weighted by atomic mass is 16.6. The van der Waals surface area contributed by atoms with Gasteiger partial charge in [0.2, 0.25) is 0 Å². The monoisotopic (exact) mass is 375 g/mol. The average Bonchev–Trinajstić information content (AvgIpc) is 3.16. The van der Waals surface area contributed by atoms with Gasteiger partial charge in [-0.15, -0.1) is 0 Å². The number of nitrogens with zero attached hydrogens (tertiary/aromatic N) is 3. The van der Waals surface area contributed by atoms with Gasteiger partial charge in [0.05, 0.1) is 19.3 Å². The number of hydrogen-bond donors (Lipinski definition) is 1. The Hall–Kier alpha value is -1.83. The van der Waals surface area contributed by atoms with Crippen LogP contribution in [0.25, 0.3) is 0 Å². The summed E-state index contributed by atoms with van der Waals surface area (Å²) in [5, 5.41) is 9.69. The van der Waals surface area contributed by atoms with Crippen LogP contribution in [0.4, 0.5) is 4.79 Å². The van der Waals surface area contributed by atoms with Crippen LogP contribution >= 0.6 is 0 Å². The molecular formula is C20H29N3O4. The second kappa shape index (κ2) is 8.04. The van der Waals surface area contributed by atoms with E-state index in [1.54, 1.807) is 6.07 Å². The maximum atomic E-state index is 12.2. The molecular weight excluding hydrogens is 346 g/mol. The second-order valence-corrected chi connectivity index (χ2v) is 7.81. The number of ether oxygens (including phenoxy) is 2. The van der Waals surface area contributed by atoms with E-state index in [2.05, 4.69) is 9.80 Å². The Balaban J connectivity index is 1.29. The largest absolute Gasteiger partial charge is 0.508 e. The standard InChI is InChI=1S/C20H29N3O4/c1-15-11-16(3-4-18(15)24)12-22-13-17-19(14-22)27-20(25)23(17)6-2-5-21-7-9-26-10-8-21/h3-4,11,17,19,24H,2,5-10,12-14H2,1H3/t17-,19+/m0/s1. The summed E-state index contributed by atoms with van der Waals surface area (Å²) in [5.74, 6) is 0.331. The number of carbonyl (C=O) groups excluding carboxylic acids is 1. The average molecular weight is 375 g/mol. The molecule has 4 rings (SSSR count). The van der Waals surface area contributed by atoms with Gasteiger partial charge in [-0.1, -0.05) is 12.1 Å². The molecule has 0 saturated carbocycles. The minimum absolute atomic E-state index is 0.0286. The summed E-state index contributed by atoms with van der Waals surface area (Å²) in [6.07, 6.45) is 0.779. The summed E-state index contributed by atoms with van der Waals surface area (Å²) in [7, 11) is 0. The van der Waals surface area contributed by atoms with Crippen LogP contribution in [-0.2, 0) is 16.0 Å². The fourth-order valence-electron chi connectivity index (χ4n) is 4.33. The summed E-state index contributed by atoms with van der Waals surface area (Å²) in [6.45, 7) is 9.68. The summed E-state index contributed by atoms with van der Waals surface area (Å²) >= 11 is 0. The van der Waals surface area contributed by atoms with Crippen molar-refractivity contribution in [2.45, 2.75) is 32.0 Å². The van der Waals surface area contributed by atoms with E-state index < -0.39 is 0 Å². The zero-order valence-corrected chi connectivity index (χ0v) is 16.0. The molecule has 7 heteroatoms. The van der Waals surface area contributed by atoms with Gasteiger partial charge in [0.15, 0.2) is 0 Å². The third-order valence-corrected chi connectivity index (χ3v) is 5.84. The number of aryl methyl sites for hydroxylation is 1. The van der Waals surface area contributed by atoms with Crippen molar-refractivity contribution < 1.29 is 19.4 Å². The number of phenolic OH excluding ortho intramolecular Hbond substituents is 1. The van der Waals surface area contributed by atoms with Gasteiger partial charge in [-0.3, -0.25) is 9.80 Å². The van der Waals surface area contributed by atoms with E-state index in [4.69, 9.17) is 9.47 Å². The van der Waals surface area contributed by atoms with Gasteiger partial charge in [-0.25, -0.2) is 4.79 Å².